The summed E-state index contributed by atoms with van der Waals surface area (Å²) in [6, 6.07) is -0.768. The van der Waals surface area contributed by atoms with Crippen molar-refractivity contribution in [2.24, 2.45) is 11.8 Å². The van der Waals surface area contributed by atoms with Crippen LogP contribution in [0, 0.1) is 11.8 Å². The summed E-state index contributed by atoms with van der Waals surface area (Å²) >= 11 is 0. The van der Waals surface area contributed by atoms with Crippen LogP contribution < -0.4 is 10.6 Å². The van der Waals surface area contributed by atoms with E-state index in [1.807, 2.05) is 20.8 Å². The molecule has 0 radical (unpaired) electrons. The molecule has 0 saturated heterocycles. The molecule has 0 bridgehead atoms. The summed E-state index contributed by atoms with van der Waals surface area (Å²) in [6.07, 6.45) is -0.106. The quantitative estimate of drug-likeness (QED) is 0.596. The lowest BCUT2D eigenvalue weighted by molar-refractivity contribution is -0.138. The van der Waals surface area contributed by atoms with Gasteiger partial charge in [0.15, 0.2) is 0 Å². The number of ether oxygens (including phenoxy) is 1. The number of amides is 3. The minimum atomic E-state index is -0.962. The zero-order valence-electron chi connectivity index (χ0n) is 13.1. The molecule has 122 valence electrons. The number of aliphatic carboxylic acids is 1. The van der Waals surface area contributed by atoms with Gasteiger partial charge < -0.3 is 15.2 Å². The molecule has 0 aliphatic heterocycles. The second kappa shape index (κ2) is 10.1. The normalized spacial score (nSPS) is 13.6. The van der Waals surface area contributed by atoms with Gasteiger partial charge in [-0.1, -0.05) is 20.8 Å². The number of hydrogen-bond acceptors (Lipinski definition) is 4. The fourth-order valence-electron chi connectivity index (χ4n) is 1.71. The first-order valence-corrected chi connectivity index (χ1v) is 7.16. The summed E-state index contributed by atoms with van der Waals surface area (Å²) in [5.74, 6) is -1.60. The summed E-state index contributed by atoms with van der Waals surface area (Å²) in [7, 11) is 0. The first-order valence-electron chi connectivity index (χ1n) is 7.16. The molecule has 2 atom stereocenters. The lowest BCUT2D eigenvalue weighted by Crippen LogP contribution is -2.48. The highest BCUT2D eigenvalue weighted by Gasteiger charge is 2.19. The minimum absolute atomic E-state index is 0.00246. The molecule has 0 saturated carbocycles. The van der Waals surface area contributed by atoms with Gasteiger partial charge in [-0.25, -0.2) is 4.79 Å². The van der Waals surface area contributed by atoms with Gasteiger partial charge in [-0.05, 0) is 18.8 Å². The van der Waals surface area contributed by atoms with E-state index in [1.54, 1.807) is 6.92 Å². The number of carboxylic acid groups (broad SMARTS) is 1. The van der Waals surface area contributed by atoms with Crippen LogP contribution in [-0.2, 0) is 14.3 Å². The molecule has 3 amide bonds. The summed E-state index contributed by atoms with van der Waals surface area (Å²) in [6.45, 7) is 8.34. The SMILES string of the molecule is CCOCC(NC(=O)NC(=O)CC(C)CC(=O)O)C(C)C. The highest BCUT2D eigenvalue weighted by Crippen LogP contribution is 2.07. The third-order valence-corrected chi connectivity index (χ3v) is 2.93. The molecule has 0 aliphatic carbocycles. The molecule has 3 N–H and O–H groups in total. The summed E-state index contributed by atoms with van der Waals surface area (Å²) in [4.78, 5) is 33.8. The van der Waals surface area contributed by atoms with E-state index in [0.717, 1.165) is 0 Å². The monoisotopic (exact) mass is 302 g/mol. The molecule has 21 heavy (non-hydrogen) atoms. The average Bonchev–Trinajstić information content (AvgIpc) is 2.32. The predicted octanol–water partition coefficient (Wildman–Crippen LogP) is 1.37. The Morgan fingerprint density at radius 2 is 1.76 bits per heavy atom. The molecule has 7 heteroatoms. The summed E-state index contributed by atoms with van der Waals surface area (Å²) < 4.78 is 5.28. The Morgan fingerprint density at radius 3 is 2.24 bits per heavy atom. The maximum absolute atomic E-state index is 11.7. The third kappa shape index (κ3) is 9.84. The number of carboxylic acids is 1. The second-order valence-corrected chi connectivity index (χ2v) is 5.44. The molecule has 0 spiro atoms. The van der Waals surface area contributed by atoms with Crippen molar-refractivity contribution in [3.8, 4) is 0 Å². The zero-order chi connectivity index (χ0) is 16.4. The van der Waals surface area contributed by atoms with Crippen LogP contribution in [0.1, 0.15) is 40.5 Å². The van der Waals surface area contributed by atoms with Gasteiger partial charge in [-0.15, -0.1) is 0 Å². The molecule has 2 unspecified atom stereocenters. The first-order chi connectivity index (χ1) is 9.76. The number of rotatable bonds is 9. The van der Waals surface area contributed by atoms with Crippen molar-refractivity contribution in [3.63, 3.8) is 0 Å². The van der Waals surface area contributed by atoms with Crippen molar-refractivity contribution in [3.05, 3.63) is 0 Å². The molecule has 0 aromatic heterocycles. The van der Waals surface area contributed by atoms with Crippen molar-refractivity contribution >= 4 is 17.9 Å². The highest BCUT2D eigenvalue weighted by molar-refractivity contribution is 5.94. The van der Waals surface area contributed by atoms with Gasteiger partial charge in [0.1, 0.15) is 0 Å². The largest absolute Gasteiger partial charge is 0.481 e. The Hall–Kier alpha value is -1.63. The van der Waals surface area contributed by atoms with E-state index < -0.39 is 17.9 Å². The first kappa shape index (κ1) is 19.4. The summed E-state index contributed by atoms with van der Waals surface area (Å²) in [5.41, 5.74) is 0. The Morgan fingerprint density at radius 1 is 1.14 bits per heavy atom. The molecular weight excluding hydrogens is 276 g/mol. The van der Waals surface area contributed by atoms with E-state index >= 15 is 0 Å². The molecule has 0 aliphatic rings. The molecule has 7 nitrogen and oxygen atoms in total. The molecule has 0 heterocycles. The number of urea groups is 1. The van der Waals surface area contributed by atoms with Crippen molar-refractivity contribution in [1.82, 2.24) is 10.6 Å². The van der Waals surface area contributed by atoms with Crippen LogP contribution in [0.4, 0.5) is 4.79 Å². The molecular formula is C14H26N2O5. The van der Waals surface area contributed by atoms with Gasteiger partial charge in [0.05, 0.1) is 12.6 Å². The fraction of sp³-hybridized carbons (Fsp3) is 0.786. The van der Waals surface area contributed by atoms with Crippen LogP contribution in [-0.4, -0.2) is 42.3 Å². The number of imide groups is 1. The van der Waals surface area contributed by atoms with Crippen molar-refractivity contribution in [1.29, 1.82) is 0 Å². The van der Waals surface area contributed by atoms with Gasteiger partial charge in [0.25, 0.3) is 0 Å². The van der Waals surface area contributed by atoms with Gasteiger partial charge in [-0.3, -0.25) is 14.9 Å². The molecule has 0 aromatic rings. The van der Waals surface area contributed by atoms with E-state index in [0.29, 0.717) is 13.2 Å². The van der Waals surface area contributed by atoms with E-state index in [2.05, 4.69) is 10.6 Å². The topological polar surface area (TPSA) is 105 Å². The van der Waals surface area contributed by atoms with Crippen LogP contribution in [0.3, 0.4) is 0 Å². The second-order valence-electron chi connectivity index (χ2n) is 5.44. The van der Waals surface area contributed by atoms with Gasteiger partial charge in [-0.2, -0.15) is 0 Å². The minimum Gasteiger partial charge on any atom is -0.481 e. The number of carbonyl (C=O) groups excluding carboxylic acids is 2. The standard InChI is InChI=1S/C14H26N2O5/c1-5-21-8-11(9(2)3)15-14(20)16-12(17)6-10(4)7-13(18)19/h9-11H,5-8H2,1-4H3,(H,18,19)(H2,15,16,17,20). The fourth-order valence-corrected chi connectivity index (χ4v) is 1.71. The number of hydrogen-bond donors (Lipinski definition) is 3. The lowest BCUT2D eigenvalue weighted by atomic mass is 10.0. The van der Waals surface area contributed by atoms with E-state index in [1.165, 1.54) is 0 Å². The van der Waals surface area contributed by atoms with Gasteiger partial charge in [0.2, 0.25) is 5.91 Å². The predicted molar refractivity (Wildman–Crippen MR) is 77.8 cm³/mol. The molecule has 0 fully saturated rings. The number of carbonyl (C=O) groups is 3. The van der Waals surface area contributed by atoms with E-state index in [9.17, 15) is 14.4 Å². The third-order valence-electron chi connectivity index (χ3n) is 2.93. The lowest BCUT2D eigenvalue weighted by Gasteiger charge is -2.22. The highest BCUT2D eigenvalue weighted by atomic mass is 16.5. The average molecular weight is 302 g/mol. The van der Waals surface area contributed by atoms with Crippen LogP contribution in [0.2, 0.25) is 0 Å². The molecule has 0 rings (SSSR count). The van der Waals surface area contributed by atoms with Crippen LogP contribution in [0.15, 0.2) is 0 Å². The maximum Gasteiger partial charge on any atom is 0.321 e. The van der Waals surface area contributed by atoms with Gasteiger partial charge >= 0.3 is 12.0 Å². The Labute approximate surface area is 125 Å². The van der Waals surface area contributed by atoms with Crippen LogP contribution >= 0.6 is 0 Å². The smallest absolute Gasteiger partial charge is 0.321 e. The zero-order valence-corrected chi connectivity index (χ0v) is 13.1. The van der Waals surface area contributed by atoms with E-state index in [-0.39, 0.29) is 30.7 Å². The Balaban J connectivity index is 4.21. The van der Waals surface area contributed by atoms with Crippen molar-refractivity contribution in [2.75, 3.05) is 13.2 Å². The Bertz CT molecular complexity index is 357. The maximum atomic E-state index is 11.7. The molecule has 0 aromatic carbocycles. The number of nitrogens with one attached hydrogen (secondary N) is 2. The van der Waals surface area contributed by atoms with Crippen molar-refractivity contribution < 1.29 is 24.2 Å². The van der Waals surface area contributed by atoms with Crippen LogP contribution in [0.5, 0.6) is 0 Å². The van der Waals surface area contributed by atoms with Crippen LogP contribution in [0.25, 0.3) is 0 Å². The Kier molecular flexibility index (Phi) is 9.36. The summed E-state index contributed by atoms with van der Waals surface area (Å²) in [5, 5.41) is 13.5. The van der Waals surface area contributed by atoms with Crippen molar-refractivity contribution in [2.45, 2.75) is 46.6 Å². The van der Waals surface area contributed by atoms with E-state index in [4.69, 9.17) is 9.84 Å². The van der Waals surface area contributed by atoms with Gasteiger partial charge in [0, 0.05) is 19.4 Å².